The third kappa shape index (κ3) is 5.40. The molecule has 1 nitrogen and oxygen atoms in total. The fourth-order valence-electron chi connectivity index (χ4n) is 2.21. The first-order chi connectivity index (χ1) is 11.4. The van der Waals surface area contributed by atoms with E-state index in [1.807, 2.05) is 6.74 Å². The van der Waals surface area contributed by atoms with E-state index in [1.54, 1.807) is 4.47 Å². The molecule has 0 aromatic heterocycles. The molecule has 0 fully saturated rings. The molecule has 0 atom stereocenters. The number of unbranched alkanes of at least 4 members (excludes halogenated alkanes) is 3. The predicted molar refractivity (Wildman–Crippen MR) is 103 cm³/mol. The van der Waals surface area contributed by atoms with Gasteiger partial charge in [0.05, 0.1) is 0 Å². The van der Waals surface area contributed by atoms with Crippen molar-refractivity contribution >= 4 is 64.3 Å². The van der Waals surface area contributed by atoms with E-state index >= 15 is 0 Å². The van der Waals surface area contributed by atoms with Crippen molar-refractivity contribution in [3.05, 3.63) is 51.5 Å². The molecule has 0 spiro atoms. The van der Waals surface area contributed by atoms with Gasteiger partial charge < -0.3 is 0 Å². The molecule has 5 heteroatoms. The van der Waals surface area contributed by atoms with E-state index in [0.717, 1.165) is 12.4 Å². The van der Waals surface area contributed by atoms with Crippen molar-refractivity contribution in [2.24, 2.45) is 0 Å². The van der Waals surface area contributed by atoms with Gasteiger partial charge in [0.25, 0.3) is 0 Å². The molecule has 0 saturated heterocycles. The van der Waals surface area contributed by atoms with Crippen LogP contribution >= 0.6 is 0 Å². The Bertz CT molecular complexity index is 606. The fraction of sp³-hybridized carbons (Fsp3) is 0.333. The van der Waals surface area contributed by atoms with E-state index in [9.17, 15) is 0 Å². The summed E-state index contributed by atoms with van der Waals surface area (Å²) in [5, 5.41) is 0. The summed E-state index contributed by atoms with van der Waals surface area (Å²) in [7, 11) is 0. The van der Waals surface area contributed by atoms with Crippen LogP contribution in [0.2, 0.25) is 0 Å². The first kappa shape index (κ1) is 18.1. The molecule has 0 N–H and O–H groups in total. The molecule has 2 heterocycles. The monoisotopic (exact) mass is 572 g/mol. The van der Waals surface area contributed by atoms with E-state index < -0.39 is 0 Å². The van der Waals surface area contributed by atoms with Gasteiger partial charge in [0.2, 0.25) is 0 Å². The van der Waals surface area contributed by atoms with E-state index in [-0.39, 0.29) is 0 Å². The molecule has 0 bridgehead atoms. The molecule has 1 aromatic rings. The zero-order valence-electron chi connectivity index (χ0n) is 13.1. The third-order valence-corrected chi connectivity index (χ3v) is 18.3. The molecule has 2 aliphatic heterocycles. The summed E-state index contributed by atoms with van der Waals surface area (Å²) in [5.74, 6) is 1.02. The van der Waals surface area contributed by atoms with Gasteiger partial charge >= 0.3 is 165 Å². The summed E-state index contributed by atoms with van der Waals surface area (Å²) < 4.78 is 11.1. The molecule has 0 unspecified atom stereocenters. The van der Waals surface area contributed by atoms with Crippen LogP contribution in [0.5, 0.6) is 5.75 Å². The number of hydrogen-bond donors (Lipinski definition) is 0. The average molecular weight is 568 g/mol. The Morgan fingerprint density at radius 2 is 1.65 bits per heavy atom. The quantitative estimate of drug-likeness (QED) is 0.363. The van der Waals surface area contributed by atoms with Gasteiger partial charge in [-0.25, -0.2) is 0 Å². The minimum atomic E-state index is 0.577. The number of hydrogen-bond acceptors (Lipinski definition) is 1. The normalized spacial score (nSPS) is 17.0. The van der Waals surface area contributed by atoms with Crippen molar-refractivity contribution in [3.8, 4) is 5.75 Å². The van der Waals surface area contributed by atoms with Crippen molar-refractivity contribution in [2.75, 3.05) is 6.61 Å². The van der Waals surface area contributed by atoms with Crippen LogP contribution in [-0.4, -0.2) is 66.4 Å². The van der Waals surface area contributed by atoms with E-state index in [1.165, 1.54) is 31.2 Å². The summed E-state index contributed by atoms with van der Waals surface area (Å²) in [6.07, 6.45) is 5.04. The number of ether oxygens (including phenoxy) is 1. The molecule has 0 radical (unpaired) electrons. The summed E-state index contributed by atoms with van der Waals surface area (Å²) in [5.41, 5.74) is 1.41. The number of rotatable bonds is 7. The van der Waals surface area contributed by atoms with Crippen molar-refractivity contribution < 1.29 is 4.74 Å². The van der Waals surface area contributed by atoms with Gasteiger partial charge in [0.1, 0.15) is 0 Å². The standard InChI is InChI=1S/C18H20OSe4/c1-2-3-4-5-10-19-15-8-6-14(7-9-15)16-13-22-18(23-16)17-20-11-12-21-17/h6-9,11-13H,2-5,10H2,1H3. The van der Waals surface area contributed by atoms with Gasteiger partial charge in [0.15, 0.2) is 0 Å². The molecular weight excluding hydrogens is 548 g/mol. The Labute approximate surface area is 164 Å². The van der Waals surface area contributed by atoms with Crippen LogP contribution in [0.15, 0.2) is 45.9 Å². The van der Waals surface area contributed by atoms with Crippen LogP contribution in [0.4, 0.5) is 0 Å². The first-order valence-corrected chi connectivity index (χ1v) is 15.1. The Kier molecular flexibility index (Phi) is 7.65. The zero-order chi connectivity index (χ0) is 15.9. The van der Waals surface area contributed by atoms with E-state index in [4.69, 9.17) is 4.74 Å². The second kappa shape index (κ2) is 9.71. The Morgan fingerprint density at radius 3 is 2.39 bits per heavy atom. The summed E-state index contributed by atoms with van der Waals surface area (Å²) >= 11 is 2.55. The average Bonchev–Trinajstić information content (AvgIpc) is 3.26. The van der Waals surface area contributed by atoms with Crippen molar-refractivity contribution in [1.82, 2.24) is 0 Å². The van der Waals surface area contributed by atoms with Gasteiger partial charge in [-0.3, -0.25) is 0 Å². The third-order valence-electron chi connectivity index (χ3n) is 3.45. The number of benzene rings is 1. The maximum atomic E-state index is 5.85. The summed E-state index contributed by atoms with van der Waals surface area (Å²) in [6.45, 7) is 3.09. The zero-order valence-corrected chi connectivity index (χ0v) is 20.0. The van der Waals surface area contributed by atoms with Gasteiger partial charge in [-0.15, -0.1) is 0 Å². The van der Waals surface area contributed by atoms with Gasteiger partial charge in [-0.2, -0.15) is 0 Å². The van der Waals surface area contributed by atoms with E-state index in [2.05, 4.69) is 46.1 Å². The Hall–Kier alpha value is 0.318. The second-order valence-electron chi connectivity index (χ2n) is 5.22. The van der Waals surface area contributed by atoms with Crippen LogP contribution in [0, 0.1) is 0 Å². The van der Waals surface area contributed by atoms with Crippen LogP contribution in [-0.2, 0) is 0 Å². The molecule has 23 heavy (non-hydrogen) atoms. The second-order valence-corrected chi connectivity index (χ2v) is 15.7. The Morgan fingerprint density at radius 1 is 0.870 bits per heavy atom. The van der Waals surface area contributed by atoms with Gasteiger partial charge in [-0.1, -0.05) is 0 Å². The van der Waals surface area contributed by atoms with Crippen molar-refractivity contribution in [2.45, 2.75) is 32.6 Å². The predicted octanol–water partition coefficient (Wildman–Crippen LogP) is 3.39. The molecule has 3 rings (SSSR count). The molecule has 0 saturated carbocycles. The molecule has 122 valence electrons. The van der Waals surface area contributed by atoms with Gasteiger partial charge in [0, 0.05) is 0 Å². The van der Waals surface area contributed by atoms with Crippen molar-refractivity contribution in [3.63, 3.8) is 0 Å². The molecule has 1 aromatic carbocycles. The van der Waals surface area contributed by atoms with Crippen molar-refractivity contribution in [1.29, 1.82) is 0 Å². The topological polar surface area (TPSA) is 9.23 Å². The Balaban J connectivity index is 1.51. The molecule has 0 aliphatic carbocycles. The van der Waals surface area contributed by atoms with E-state index in [0.29, 0.717) is 59.8 Å². The molecule has 0 amide bonds. The molecule has 2 aliphatic rings. The summed E-state index contributed by atoms with van der Waals surface area (Å²) in [6, 6.07) is 8.80. The van der Waals surface area contributed by atoms with Crippen LogP contribution in [0.1, 0.15) is 38.2 Å². The fourth-order valence-corrected chi connectivity index (χ4v) is 15.9. The minimum absolute atomic E-state index is 0.577. The van der Waals surface area contributed by atoms with Crippen LogP contribution in [0.3, 0.4) is 0 Å². The maximum absolute atomic E-state index is 5.85. The summed E-state index contributed by atoms with van der Waals surface area (Å²) in [4.78, 5) is 7.33. The SMILES string of the molecule is CCCCCCOc1ccc(C2=C[Se]C(=C3[Se]C=C[Se]3)[Se]2)cc1. The van der Waals surface area contributed by atoms with Crippen LogP contribution in [0.25, 0.3) is 4.47 Å². The van der Waals surface area contributed by atoms with Crippen LogP contribution < -0.4 is 4.74 Å². The first-order valence-electron chi connectivity index (χ1n) is 7.87. The molecular formula is C18H20OSe4. The van der Waals surface area contributed by atoms with Gasteiger partial charge in [-0.05, 0) is 0 Å².